The van der Waals surface area contributed by atoms with E-state index in [1.807, 2.05) is 32.2 Å². The summed E-state index contributed by atoms with van der Waals surface area (Å²) < 4.78 is 5.67. The number of aromatic amines is 1. The molecule has 4 heteroatoms. The molecule has 1 heterocycles. The van der Waals surface area contributed by atoms with Crippen LogP contribution in [0.3, 0.4) is 0 Å². The molecule has 21 heavy (non-hydrogen) atoms. The minimum atomic E-state index is 0.0868. The largest absolute Gasteiger partial charge is 0.491 e. The van der Waals surface area contributed by atoms with Gasteiger partial charge >= 0.3 is 0 Å². The maximum absolute atomic E-state index is 5.67. The van der Waals surface area contributed by atoms with Crippen molar-refractivity contribution in [2.75, 3.05) is 0 Å². The van der Waals surface area contributed by atoms with Gasteiger partial charge in [-0.1, -0.05) is 0 Å². The molecule has 0 aliphatic carbocycles. The fraction of sp³-hybridized carbons (Fsp3) is 0.471. The Bertz CT molecular complexity index is 564. The average molecular weight is 287 g/mol. The van der Waals surface area contributed by atoms with Crippen molar-refractivity contribution in [3.8, 4) is 17.0 Å². The first-order chi connectivity index (χ1) is 9.85. The van der Waals surface area contributed by atoms with Gasteiger partial charge in [0, 0.05) is 23.2 Å². The Labute approximate surface area is 126 Å². The van der Waals surface area contributed by atoms with E-state index in [1.54, 1.807) is 0 Å². The van der Waals surface area contributed by atoms with E-state index in [4.69, 9.17) is 4.74 Å². The summed E-state index contributed by atoms with van der Waals surface area (Å²) in [5.74, 6) is 0.891. The molecule has 0 bridgehead atoms. The summed E-state index contributed by atoms with van der Waals surface area (Å²) in [6.45, 7) is 11.3. The van der Waals surface area contributed by atoms with Crippen molar-refractivity contribution in [3.05, 3.63) is 36.0 Å². The molecule has 0 spiro atoms. The molecule has 0 saturated heterocycles. The van der Waals surface area contributed by atoms with Gasteiger partial charge in [-0.25, -0.2) is 0 Å². The van der Waals surface area contributed by atoms with E-state index in [-0.39, 0.29) is 11.6 Å². The summed E-state index contributed by atoms with van der Waals surface area (Å²) in [5, 5.41) is 10.7. The molecule has 2 rings (SSSR count). The van der Waals surface area contributed by atoms with E-state index in [0.29, 0.717) is 0 Å². The fourth-order valence-electron chi connectivity index (χ4n) is 2.03. The molecule has 2 N–H and O–H groups in total. The predicted octanol–water partition coefficient (Wildman–Crippen LogP) is 3.75. The van der Waals surface area contributed by atoms with Crippen LogP contribution in [0.4, 0.5) is 0 Å². The van der Waals surface area contributed by atoms with Crippen LogP contribution in [-0.4, -0.2) is 21.8 Å². The molecule has 0 aliphatic heterocycles. The molecule has 0 amide bonds. The third kappa shape index (κ3) is 4.60. The van der Waals surface area contributed by atoms with Crippen LogP contribution < -0.4 is 10.1 Å². The van der Waals surface area contributed by atoms with Gasteiger partial charge in [0.25, 0.3) is 0 Å². The van der Waals surface area contributed by atoms with Crippen LogP contribution in [0.25, 0.3) is 11.3 Å². The Morgan fingerprint density at radius 2 is 1.86 bits per heavy atom. The topological polar surface area (TPSA) is 49.9 Å². The predicted molar refractivity (Wildman–Crippen MR) is 86.4 cm³/mol. The number of nitrogens with zero attached hydrogens (tertiary/aromatic N) is 1. The highest BCUT2D eigenvalue weighted by Gasteiger charge is 2.12. The van der Waals surface area contributed by atoms with Crippen LogP contribution in [0.5, 0.6) is 5.75 Å². The Morgan fingerprint density at radius 3 is 2.43 bits per heavy atom. The lowest BCUT2D eigenvalue weighted by Crippen LogP contribution is -2.35. The Balaban J connectivity index is 2.13. The normalized spacial score (nSPS) is 11.9. The monoisotopic (exact) mass is 287 g/mol. The van der Waals surface area contributed by atoms with Gasteiger partial charge in [0.15, 0.2) is 0 Å². The Kier molecular flexibility index (Phi) is 4.68. The summed E-state index contributed by atoms with van der Waals surface area (Å²) in [6, 6.07) is 8.12. The van der Waals surface area contributed by atoms with E-state index in [9.17, 15) is 0 Å². The highest BCUT2D eigenvalue weighted by atomic mass is 16.5. The van der Waals surface area contributed by atoms with Gasteiger partial charge in [-0.05, 0) is 58.9 Å². The molecular formula is C17H25N3O. The summed E-state index contributed by atoms with van der Waals surface area (Å²) in [4.78, 5) is 0. The number of aromatic nitrogens is 2. The smallest absolute Gasteiger partial charge is 0.119 e. The molecule has 114 valence electrons. The molecule has 1 aromatic carbocycles. The van der Waals surface area contributed by atoms with Gasteiger partial charge in [-0.15, -0.1) is 0 Å². The van der Waals surface area contributed by atoms with Gasteiger partial charge in [0.2, 0.25) is 0 Å². The number of ether oxygens (including phenoxy) is 1. The number of benzene rings is 1. The summed E-state index contributed by atoms with van der Waals surface area (Å²) in [7, 11) is 0. The first-order valence-electron chi connectivity index (χ1n) is 7.39. The van der Waals surface area contributed by atoms with Crippen LogP contribution in [0.15, 0.2) is 30.5 Å². The molecular weight excluding hydrogens is 262 g/mol. The fourth-order valence-corrected chi connectivity index (χ4v) is 2.03. The molecule has 0 atom stereocenters. The molecule has 0 unspecified atom stereocenters. The van der Waals surface area contributed by atoms with Gasteiger partial charge in [-0.2, -0.15) is 5.10 Å². The Hall–Kier alpha value is -1.81. The molecule has 2 aromatic rings. The zero-order valence-corrected chi connectivity index (χ0v) is 13.5. The Morgan fingerprint density at radius 1 is 1.19 bits per heavy atom. The number of hydrogen-bond donors (Lipinski definition) is 2. The third-order valence-electron chi connectivity index (χ3n) is 3.04. The first-order valence-corrected chi connectivity index (χ1v) is 7.39. The van der Waals surface area contributed by atoms with Crippen molar-refractivity contribution < 1.29 is 4.74 Å². The highest BCUT2D eigenvalue weighted by molar-refractivity contribution is 5.63. The molecule has 0 radical (unpaired) electrons. The van der Waals surface area contributed by atoms with E-state index >= 15 is 0 Å². The van der Waals surface area contributed by atoms with Crippen molar-refractivity contribution in [2.24, 2.45) is 0 Å². The van der Waals surface area contributed by atoms with Gasteiger partial charge in [0.05, 0.1) is 18.0 Å². The molecule has 1 aromatic heterocycles. The van der Waals surface area contributed by atoms with E-state index in [1.165, 1.54) is 5.56 Å². The van der Waals surface area contributed by atoms with Crippen molar-refractivity contribution in [3.63, 3.8) is 0 Å². The van der Waals surface area contributed by atoms with Gasteiger partial charge < -0.3 is 10.1 Å². The van der Waals surface area contributed by atoms with E-state index in [0.717, 1.165) is 23.6 Å². The van der Waals surface area contributed by atoms with Crippen LogP contribution >= 0.6 is 0 Å². The van der Waals surface area contributed by atoms with Crippen LogP contribution in [0.2, 0.25) is 0 Å². The zero-order valence-electron chi connectivity index (χ0n) is 13.5. The minimum absolute atomic E-state index is 0.0868. The highest BCUT2D eigenvalue weighted by Crippen LogP contribution is 2.24. The number of H-pyrrole nitrogens is 1. The molecule has 0 aliphatic rings. The van der Waals surface area contributed by atoms with Gasteiger partial charge in [-0.3, -0.25) is 5.10 Å². The summed E-state index contributed by atoms with van der Waals surface area (Å²) in [5.41, 5.74) is 3.43. The third-order valence-corrected chi connectivity index (χ3v) is 3.04. The second-order valence-electron chi connectivity index (χ2n) is 6.56. The van der Waals surface area contributed by atoms with Crippen LogP contribution in [0, 0.1) is 0 Å². The maximum Gasteiger partial charge on any atom is 0.119 e. The lowest BCUT2D eigenvalue weighted by atomic mass is 10.1. The molecule has 0 fully saturated rings. The lowest BCUT2D eigenvalue weighted by Gasteiger charge is -2.20. The van der Waals surface area contributed by atoms with E-state index < -0.39 is 0 Å². The zero-order chi connectivity index (χ0) is 15.5. The van der Waals surface area contributed by atoms with Gasteiger partial charge in [0.1, 0.15) is 5.75 Å². The molecule has 4 nitrogen and oxygen atoms in total. The number of hydrogen-bond acceptors (Lipinski definition) is 3. The number of nitrogens with one attached hydrogen (secondary N) is 2. The molecule has 0 saturated carbocycles. The quantitative estimate of drug-likeness (QED) is 0.880. The summed E-state index contributed by atoms with van der Waals surface area (Å²) in [6.07, 6.45) is 2.07. The summed E-state index contributed by atoms with van der Waals surface area (Å²) >= 11 is 0. The maximum atomic E-state index is 5.67. The first kappa shape index (κ1) is 15.6. The van der Waals surface area contributed by atoms with Crippen molar-refractivity contribution in [2.45, 2.75) is 52.8 Å². The second kappa shape index (κ2) is 6.31. The minimum Gasteiger partial charge on any atom is -0.491 e. The SMILES string of the molecule is CC(C)Oc1ccc(-c2[nH]ncc2CNC(C)(C)C)cc1. The van der Waals surface area contributed by atoms with Crippen molar-refractivity contribution in [1.29, 1.82) is 0 Å². The van der Waals surface area contributed by atoms with E-state index in [2.05, 4.69) is 48.4 Å². The lowest BCUT2D eigenvalue weighted by molar-refractivity contribution is 0.242. The number of rotatable bonds is 5. The standard InChI is InChI=1S/C17H25N3O/c1-12(2)21-15-8-6-13(7-9-15)16-14(11-19-20-16)10-18-17(3,4)5/h6-9,11-12,18H,10H2,1-5H3,(H,19,20). The van der Waals surface area contributed by atoms with Crippen LogP contribution in [0.1, 0.15) is 40.2 Å². The van der Waals surface area contributed by atoms with Crippen molar-refractivity contribution >= 4 is 0 Å². The van der Waals surface area contributed by atoms with Crippen LogP contribution in [-0.2, 0) is 6.54 Å². The second-order valence-corrected chi connectivity index (χ2v) is 6.56. The average Bonchev–Trinajstić information content (AvgIpc) is 2.84. The van der Waals surface area contributed by atoms with Crippen molar-refractivity contribution in [1.82, 2.24) is 15.5 Å².